The molecule has 3 rings (SSSR count). The van der Waals surface area contributed by atoms with Gasteiger partial charge in [-0.25, -0.2) is 0 Å². The number of hydrogen-bond donors (Lipinski definition) is 11. The van der Waals surface area contributed by atoms with Crippen LogP contribution in [0.4, 0.5) is 0 Å². The second kappa shape index (κ2) is 27.3. The van der Waals surface area contributed by atoms with Crippen LogP contribution in [-0.4, -0.2) is 164 Å². The molecular formula is C46H68N10O15. The van der Waals surface area contributed by atoms with Crippen LogP contribution in [0.5, 0.6) is 0 Å². The van der Waals surface area contributed by atoms with Crippen molar-refractivity contribution in [3.8, 4) is 0 Å². The van der Waals surface area contributed by atoms with Gasteiger partial charge in [0.2, 0.25) is 53.2 Å². The van der Waals surface area contributed by atoms with Crippen molar-refractivity contribution in [3.63, 3.8) is 0 Å². The van der Waals surface area contributed by atoms with Gasteiger partial charge in [-0.15, -0.1) is 0 Å². The van der Waals surface area contributed by atoms with Crippen LogP contribution >= 0.6 is 0 Å². The van der Waals surface area contributed by atoms with E-state index >= 15 is 0 Å². The average Bonchev–Trinajstić information content (AvgIpc) is 4.01. The number of hydrogen-bond acceptors (Lipinski definition) is 13. The molecule has 0 saturated carbocycles. The highest BCUT2D eigenvalue weighted by molar-refractivity contribution is 5.99. The fraction of sp³-hybridized carbons (Fsp3) is 0.609. The van der Waals surface area contributed by atoms with Gasteiger partial charge in [-0.3, -0.25) is 57.5 Å². The van der Waals surface area contributed by atoms with Crippen molar-refractivity contribution in [1.29, 1.82) is 0 Å². The van der Waals surface area contributed by atoms with E-state index in [2.05, 4.69) is 31.9 Å². The summed E-state index contributed by atoms with van der Waals surface area (Å²) in [6.07, 6.45) is -1.37. The summed E-state index contributed by atoms with van der Waals surface area (Å²) < 4.78 is 0. The molecule has 10 atom stereocenters. The number of aliphatic carboxylic acids is 3. The van der Waals surface area contributed by atoms with Gasteiger partial charge in [0.25, 0.3) is 0 Å². The van der Waals surface area contributed by atoms with E-state index < -0.39 is 163 Å². The summed E-state index contributed by atoms with van der Waals surface area (Å²) in [5.41, 5.74) is 11.8. The van der Waals surface area contributed by atoms with Crippen LogP contribution in [0.25, 0.3) is 0 Å². The summed E-state index contributed by atoms with van der Waals surface area (Å²) in [6, 6.07) is -3.91. The summed E-state index contributed by atoms with van der Waals surface area (Å²) in [5, 5.41) is 43.0. The second-order valence-corrected chi connectivity index (χ2v) is 18.2. The Kier molecular flexibility index (Phi) is 22.3. The molecule has 1 aromatic rings. The number of nitrogens with one attached hydrogen (secondary N) is 6. The summed E-state index contributed by atoms with van der Waals surface area (Å²) >= 11 is 0. The molecule has 2 heterocycles. The number of carboxylic acid groups (broad SMARTS) is 3. The lowest BCUT2D eigenvalue weighted by atomic mass is 9.96. The van der Waals surface area contributed by atoms with E-state index in [0.717, 1.165) is 0 Å². The molecule has 25 nitrogen and oxygen atoms in total. The van der Waals surface area contributed by atoms with Gasteiger partial charge < -0.3 is 68.5 Å². The molecule has 13 N–H and O–H groups in total. The zero-order valence-corrected chi connectivity index (χ0v) is 40.5. The van der Waals surface area contributed by atoms with Crippen LogP contribution in [0.15, 0.2) is 30.3 Å². The van der Waals surface area contributed by atoms with Gasteiger partial charge in [0.1, 0.15) is 48.3 Å². The number of nitrogens with zero attached hydrogens (tertiary/aromatic N) is 2. The fourth-order valence-corrected chi connectivity index (χ4v) is 8.16. The lowest BCUT2D eigenvalue weighted by Crippen LogP contribution is -2.61. The number of likely N-dealkylation sites (tertiary alicyclic amines) is 2. The molecule has 9 amide bonds. The van der Waals surface area contributed by atoms with Gasteiger partial charge >= 0.3 is 17.9 Å². The molecular weight excluding hydrogens is 933 g/mol. The maximum atomic E-state index is 14.5. The van der Waals surface area contributed by atoms with Crippen molar-refractivity contribution < 1.29 is 72.9 Å². The van der Waals surface area contributed by atoms with Crippen LogP contribution in [0.2, 0.25) is 0 Å². The van der Waals surface area contributed by atoms with Crippen molar-refractivity contribution in [1.82, 2.24) is 41.7 Å². The summed E-state index contributed by atoms with van der Waals surface area (Å²) in [6.45, 7) is 7.92. The average molecular weight is 1000 g/mol. The summed E-state index contributed by atoms with van der Waals surface area (Å²) in [7, 11) is 0. The molecule has 0 spiro atoms. The molecule has 0 aliphatic carbocycles. The Bertz CT molecular complexity index is 2140. The van der Waals surface area contributed by atoms with E-state index in [1.165, 1.54) is 16.7 Å². The molecule has 2 aliphatic rings. The number of carboxylic acids is 3. The number of nitrogens with two attached hydrogens (primary N) is 2. The number of rotatable bonds is 27. The topological polar surface area (TPSA) is 396 Å². The van der Waals surface area contributed by atoms with E-state index in [1.54, 1.807) is 58.0 Å². The van der Waals surface area contributed by atoms with Crippen LogP contribution in [-0.2, 0) is 64.0 Å². The molecule has 0 radical (unpaired) electrons. The Balaban J connectivity index is 1.87. The highest BCUT2D eigenvalue weighted by Crippen LogP contribution is 2.23. The Hall–Kier alpha value is -7.18. The monoisotopic (exact) mass is 1000 g/mol. The number of primary amides is 1. The molecule has 2 saturated heterocycles. The van der Waals surface area contributed by atoms with E-state index in [-0.39, 0.29) is 32.4 Å². The van der Waals surface area contributed by atoms with E-state index in [4.69, 9.17) is 16.6 Å². The van der Waals surface area contributed by atoms with Gasteiger partial charge in [0.05, 0.1) is 18.9 Å². The minimum atomic E-state index is -1.86. The first-order valence-corrected chi connectivity index (χ1v) is 23.5. The molecule has 2 fully saturated rings. The summed E-state index contributed by atoms with van der Waals surface area (Å²) in [5.74, 6) is -13.2. The van der Waals surface area contributed by atoms with Gasteiger partial charge in [-0.05, 0) is 56.4 Å². The fourth-order valence-electron chi connectivity index (χ4n) is 8.16. The lowest BCUT2D eigenvalue weighted by Gasteiger charge is -2.32. The highest BCUT2D eigenvalue weighted by Gasteiger charge is 2.43. The first-order valence-electron chi connectivity index (χ1n) is 23.5. The van der Waals surface area contributed by atoms with Crippen LogP contribution in [0.1, 0.15) is 98.0 Å². The highest BCUT2D eigenvalue weighted by atomic mass is 16.4. The number of amides is 9. The minimum absolute atomic E-state index is 0.0205. The maximum Gasteiger partial charge on any atom is 0.325 e. The largest absolute Gasteiger partial charge is 0.481 e. The van der Waals surface area contributed by atoms with E-state index in [1.807, 2.05) is 0 Å². The molecule has 0 unspecified atom stereocenters. The second-order valence-electron chi connectivity index (χ2n) is 18.2. The molecule has 2 aliphatic heterocycles. The third-order valence-corrected chi connectivity index (χ3v) is 12.4. The lowest BCUT2D eigenvalue weighted by molar-refractivity contribution is -0.145. The van der Waals surface area contributed by atoms with Crippen molar-refractivity contribution in [3.05, 3.63) is 35.9 Å². The zero-order valence-electron chi connectivity index (χ0n) is 40.5. The van der Waals surface area contributed by atoms with Gasteiger partial charge in [-0.1, -0.05) is 64.4 Å². The summed E-state index contributed by atoms with van der Waals surface area (Å²) in [4.78, 5) is 159. The zero-order chi connectivity index (χ0) is 53.3. The quantitative estimate of drug-likeness (QED) is 0.0433. The number of carbonyl (C=O) groups excluding carboxylic acids is 9. The van der Waals surface area contributed by atoms with Crippen molar-refractivity contribution in [2.45, 2.75) is 153 Å². The first-order chi connectivity index (χ1) is 33.4. The van der Waals surface area contributed by atoms with Gasteiger partial charge in [0, 0.05) is 25.9 Å². The van der Waals surface area contributed by atoms with E-state index in [0.29, 0.717) is 24.8 Å². The van der Waals surface area contributed by atoms with Gasteiger partial charge in [0.15, 0.2) is 0 Å². The Morgan fingerprint density at radius 3 is 1.68 bits per heavy atom. The molecule has 71 heavy (non-hydrogen) atoms. The Morgan fingerprint density at radius 2 is 1.15 bits per heavy atom. The van der Waals surface area contributed by atoms with Crippen molar-refractivity contribution in [2.75, 3.05) is 13.1 Å². The normalized spacial score (nSPS) is 18.8. The third-order valence-electron chi connectivity index (χ3n) is 12.4. The van der Waals surface area contributed by atoms with Gasteiger partial charge in [-0.2, -0.15) is 0 Å². The molecule has 0 bridgehead atoms. The smallest absolute Gasteiger partial charge is 0.325 e. The Morgan fingerprint density at radius 1 is 0.634 bits per heavy atom. The standard InChI is InChI=1S/C46H68N10O15/c1-6-24(4)37(54-38(62)27(47)21-34(58)59)43(67)52-30(20-26-12-8-7-9-13-26)44(68)55-18-10-15-32(55)42(66)50-28(16-17-33(48)57)39(63)51-29(22-35(60)61)40(64)53-36(23(2)3)45(69)56-19-11-14-31(56)41(65)49-25(5)46(70)71/h7-9,12-13,23-25,27-32,36-37H,6,10-11,14-22,47H2,1-5H3,(H2,48,57)(H,49,65)(H,50,66)(H,51,63)(H,52,67)(H,53,64)(H,54,62)(H,58,59)(H,60,61)(H,70,71)/t24-,25-,27-,28-,29-,30-,31-,32-,36-,37-/m0/s1. The minimum Gasteiger partial charge on any atom is -0.481 e. The SMILES string of the molecule is CC[C@H](C)[C@H](NC(=O)[C@@H](N)CC(=O)O)C(=O)N[C@@H](Cc1ccccc1)C(=O)N1CCC[C@H]1C(=O)N[C@@H](CCC(N)=O)C(=O)N[C@@H](CC(=O)O)C(=O)N[C@H](C(=O)N1CCC[C@H]1C(=O)N[C@@H](C)C(=O)O)C(C)C. The van der Waals surface area contributed by atoms with Crippen LogP contribution in [0.3, 0.4) is 0 Å². The first kappa shape index (κ1) is 58.1. The predicted molar refractivity (Wildman–Crippen MR) is 250 cm³/mol. The van der Waals surface area contributed by atoms with E-state index in [9.17, 15) is 67.7 Å². The van der Waals surface area contributed by atoms with Crippen molar-refractivity contribution in [2.24, 2.45) is 23.3 Å². The Labute approximate surface area is 410 Å². The van der Waals surface area contributed by atoms with Crippen LogP contribution in [0, 0.1) is 11.8 Å². The molecule has 25 heteroatoms. The maximum absolute atomic E-state index is 14.5. The van der Waals surface area contributed by atoms with Crippen molar-refractivity contribution >= 4 is 71.1 Å². The molecule has 392 valence electrons. The number of benzene rings is 1. The number of carbonyl (C=O) groups is 12. The third kappa shape index (κ3) is 17.3. The van der Waals surface area contributed by atoms with Crippen LogP contribution < -0.4 is 43.4 Å². The molecule has 1 aromatic carbocycles. The predicted octanol–water partition coefficient (Wildman–Crippen LogP) is -2.53. The molecule has 0 aromatic heterocycles.